The van der Waals surface area contributed by atoms with Crippen LogP contribution in [0.3, 0.4) is 0 Å². The molecule has 0 saturated heterocycles. The number of benzene rings is 1. The van der Waals surface area contributed by atoms with E-state index in [1.165, 1.54) is 30.4 Å². The lowest BCUT2D eigenvalue weighted by Crippen LogP contribution is -2.13. The molecule has 3 rings (SSSR count). The van der Waals surface area contributed by atoms with E-state index in [0.29, 0.717) is 6.04 Å². The highest BCUT2D eigenvalue weighted by molar-refractivity contribution is 6.30. The molecular weight excluding hydrogens is 206 g/mol. The van der Waals surface area contributed by atoms with Gasteiger partial charge in [0, 0.05) is 11.1 Å². The van der Waals surface area contributed by atoms with E-state index in [0.717, 1.165) is 16.9 Å². The summed E-state index contributed by atoms with van der Waals surface area (Å²) in [6.07, 6.45) is 4.08. The molecule has 1 fully saturated rings. The predicted octanol–water partition coefficient (Wildman–Crippen LogP) is 3.50. The van der Waals surface area contributed by atoms with Gasteiger partial charge in [0.1, 0.15) is 0 Å². The first-order valence-corrected chi connectivity index (χ1v) is 6.14. The van der Waals surface area contributed by atoms with Crippen LogP contribution in [0.4, 0.5) is 0 Å². The van der Waals surface area contributed by atoms with Crippen molar-refractivity contribution in [3.63, 3.8) is 0 Å². The molecule has 2 aliphatic rings. The van der Waals surface area contributed by atoms with E-state index in [2.05, 4.69) is 24.5 Å². The van der Waals surface area contributed by atoms with Gasteiger partial charge in [0.2, 0.25) is 0 Å². The molecule has 0 radical (unpaired) electrons. The highest BCUT2D eigenvalue weighted by Gasteiger charge is 2.39. The molecule has 1 N–H and O–H groups in total. The number of fused-ring (bicyclic) bond motifs is 1. The highest BCUT2D eigenvalue weighted by atomic mass is 35.5. The van der Waals surface area contributed by atoms with E-state index in [1.807, 2.05) is 6.07 Å². The summed E-state index contributed by atoms with van der Waals surface area (Å²) in [6.45, 7) is 0. The maximum atomic E-state index is 6.08. The molecule has 0 bridgehead atoms. The van der Waals surface area contributed by atoms with Crippen molar-refractivity contribution in [3.05, 3.63) is 34.3 Å². The molecule has 2 unspecified atom stereocenters. The summed E-state index contributed by atoms with van der Waals surface area (Å²) in [5, 5.41) is 4.29. The van der Waals surface area contributed by atoms with Crippen molar-refractivity contribution >= 4 is 11.6 Å². The lowest BCUT2D eigenvalue weighted by atomic mass is 9.96. The van der Waals surface area contributed by atoms with Crippen molar-refractivity contribution < 1.29 is 0 Å². The Hall–Kier alpha value is -0.530. The van der Waals surface area contributed by atoms with Gasteiger partial charge in [0.25, 0.3) is 0 Å². The van der Waals surface area contributed by atoms with Gasteiger partial charge in [0.15, 0.2) is 0 Å². The van der Waals surface area contributed by atoms with Gasteiger partial charge < -0.3 is 5.32 Å². The Kier molecular flexibility index (Phi) is 2.26. The van der Waals surface area contributed by atoms with Gasteiger partial charge in [0.05, 0.1) is 0 Å². The van der Waals surface area contributed by atoms with Crippen molar-refractivity contribution in [3.8, 4) is 0 Å². The standard InChI is InChI=1S/C13H16ClN/c1-15-13-7-11(8-2-3-8)12-6-9(14)4-5-10(12)13/h4-6,8,11,13,15H,2-3,7H2,1H3. The van der Waals surface area contributed by atoms with Crippen LogP contribution >= 0.6 is 11.6 Å². The number of hydrogen-bond donors (Lipinski definition) is 1. The molecule has 0 heterocycles. The van der Waals surface area contributed by atoms with Gasteiger partial charge in [-0.25, -0.2) is 0 Å². The first-order valence-electron chi connectivity index (χ1n) is 5.76. The molecule has 1 saturated carbocycles. The maximum Gasteiger partial charge on any atom is 0.0409 e. The van der Waals surface area contributed by atoms with Crippen LogP contribution in [0.25, 0.3) is 0 Å². The summed E-state index contributed by atoms with van der Waals surface area (Å²) >= 11 is 6.08. The normalized spacial score (nSPS) is 29.2. The molecule has 1 nitrogen and oxygen atoms in total. The molecule has 0 spiro atoms. The number of nitrogens with one attached hydrogen (secondary N) is 1. The van der Waals surface area contributed by atoms with E-state index in [1.54, 1.807) is 0 Å². The van der Waals surface area contributed by atoms with Gasteiger partial charge in [-0.3, -0.25) is 0 Å². The fraction of sp³-hybridized carbons (Fsp3) is 0.538. The fourth-order valence-corrected chi connectivity index (χ4v) is 3.09. The smallest absolute Gasteiger partial charge is 0.0409 e. The molecule has 15 heavy (non-hydrogen) atoms. The summed E-state index contributed by atoms with van der Waals surface area (Å²) in [6, 6.07) is 6.93. The topological polar surface area (TPSA) is 12.0 Å². The SMILES string of the molecule is CNC1CC(C2CC2)c2cc(Cl)ccc21. The molecule has 80 valence electrons. The third-order valence-electron chi connectivity index (χ3n) is 3.85. The molecule has 2 atom stereocenters. The van der Waals surface area contributed by atoms with Crippen LogP contribution in [0.2, 0.25) is 5.02 Å². The predicted molar refractivity (Wildman–Crippen MR) is 63.3 cm³/mol. The monoisotopic (exact) mass is 221 g/mol. The largest absolute Gasteiger partial charge is 0.313 e. The summed E-state index contributed by atoms with van der Waals surface area (Å²) < 4.78 is 0. The molecular formula is C13H16ClN. The number of rotatable bonds is 2. The molecule has 2 heteroatoms. The van der Waals surface area contributed by atoms with Gasteiger partial charge in [-0.1, -0.05) is 17.7 Å². The Bertz CT molecular complexity index is 384. The average molecular weight is 222 g/mol. The third kappa shape index (κ3) is 1.58. The van der Waals surface area contributed by atoms with Crippen LogP contribution in [0.5, 0.6) is 0 Å². The zero-order valence-electron chi connectivity index (χ0n) is 8.96. The zero-order valence-corrected chi connectivity index (χ0v) is 9.72. The van der Waals surface area contributed by atoms with Gasteiger partial charge >= 0.3 is 0 Å². The summed E-state index contributed by atoms with van der Waals surface area (Å²) in [7, 11) is 2.05. The second kappa shape index (κ2) is 3.50. The molecule has 0 aromatic heterocycles. The average Bonchev–Trinajstić information content (AvgIpc) is 3.00. The number of halogens is 1. The van der Waals surface area contributed by atoms with E-state index in [9.17, 15) is 0 Å². The zero-order chi connectivity index (χ0) is 10.4. The lowest BCUT2D eigenvalue weighted by molar-refractivity contribution is 0.502. The minimum Gasteiger partial charge on any atom is -0.313 e. The van der Waals surface area contributed by atoms with Crippen LogP contribution < -0.4 is 5.32 Å². The molecule has 2 aliphatic carbocycles. The van der Waals surface area contributed by atoms with Crippen molar-refractivity contribution in [1.82, 2.24) is 5.32 Å². The van der Waals surface area contributed by atoms with E-state index >= 15 is 0 Å². The van der Waals surface area contributed by atoms with Crippen molar-refractivity contribution in [2.45, 2.75) is 31.2 Å². The quantitative estimate of drug-likeness (QED) is 0.806. The van der Waals surface area contributed by atoms with Crippen molar-refractivity contribution in [1.29, 1.82) is 0 Å². The Morgan fingerprint density at radius 2 is 2.07 bits per heavy atom. The lowest BCUT2D eigenvalue weighted by Gasteiger charge is -2.09. The number of hydrogen-bond acceptors (Lipinski definition) is 1. The molecule has 1 aromatic carbocycles. The maximum absolute atomic E-state index is 6.08. The summed E-state index contributed by atoms with van der Waals surface area (Å²) in [5.41, 5.74) is 2.98. The Morgan fingerprint density at radius 3 is 2.73 bits per heavy atom. The molecule has 0 aliphatic heterocycles. The van der Waals surface area contributed by atoms with Gasteiger partial charge in [-0.05, 0) is 61.4 Å². The van der Waals surface area contributed by atoms with Gasteiger partial charge in [-0.15, -0.1) is 0 Å². The third-order valence-corrected chi connectivity index (χ3v) is 4.09. The fourth-order valence-electron chi connectivity index (χ4n) is 2.91. The van der Waals surface area contributed by atoms with Crippen LogP contribution in [-0.2, 0) is 0 Å². The summed E-state index contributed by atoms with van der Waals surface area (Å²) in [5.74, 6) is 1.69. The Balaban J connectivity index is 2.02. The molecule has 1 aromatic rings. The Morgan fingerprint density at radius 1 is 1.27 bits per heavy atom. The second-order valence-corrected chi connectivity index (χ2v) is 5.23. The first kappa shape index (κ1) is 9.68. The van der Waals surface area contributed by atoms with E-state index < -0.39 is 0 Å². The van der Waals surface area contributed by atoms with Crippen molar-refractivity contribution in [2.75, 3.05) is 7.05 Å². The second-order valence-electron chi connectivity index (χ2n) is 4.79. The van der Waals surface area contributed by atoms with Crippen LogP contribution in [-0.4, -0.2) is 7.05 Å². The van der Waals surface area contributed by atoms with Crippen LogP contribution in [0, 0.1) is 5.92 Å². The minimum atomic E-state index is 0.544. The van der Waals surface area contributed by atoms with Crippen LogP contribution in [0.15, 0.2) is 18.2 Å². The minimum absolute atomic E-state index is 0.544. The first-order chi connectivity index (χ1) is 7.29. The Labute approximate surface area is 95.8 Å². The summed E-state index contributed by atoms with van der Waals surface area (Å²) in [4.78, 5) is 0. The van der Waals surface area contributed by atoms with E-state index in [-0.39, 0.29) is 0 Å². The molecule has 0 amide bonds. The van der Waals surface area contributed by atoms with Crippen molar-refractivity contribution in [2.24, 2.45) is 5.92 Å². The van der Waals surface area contributed by atoms with Gasteiger partial charge in [-0.2, -0.15) is 0 Å². The highest BCUT2D eigenvalue weighted by Crippen LogP contribution is 2.52. The van der Waals surface area contributed by atoms with Crippen LogP contribution in [0.1, 0.15) is 42.3 Å². The van der Waals surface area contributed by atoms with E-state index in [4.69, 9.17) is 11.6 Å².